The van der Waals surface area contributed by atoms with Crippen LogP contribution < -0.4 is 5.32 Å². The Kier molecular flexibility index (Phi) is 6.75. The Labute approximate surface area is 163 Å². The number of nitrogens with one attached hydrogen (secondary N) is 1. The molecule has 2 aliphatic rings. The Morgan fingerprint density at radius 1 is 0.926 bits per heavy atom. The average Bonchev–Trinajstić information content (AvgIpc) is 2.67. The van der Waals surface area contributed by atoms with Gasteiger partial charge in [-0.2, -0.15) is 0 Å². The molecule has 3 rings (SSSR count). The number of aryl methyl sites for hydroxylation is 2. The molecule has 5 nitrogen and oxygen atoms in total. The Morgan fingerprint density at radius 3 is 2.15 bits per heavy atom. The first-order valence-electron chi connectivity index (χ1n) is 10.4. The van der Waals surface area contributed by atoms with Gasteiger partial charge in [-0.05, 0) is 49.9 Å². The lowest BCUT2D eigenvalue weighted by Gasteiger charge is -2.37. The van der Waals surface area contributed by atoms with Crippen molar-refractivity contribution < 1.29 is 9.59 Å². The van der Waals surface area contributed by atoms with Crippen LogP contribution in [0.4, 0.5) is 5.69 Å². The van der Waals surface area contributed by atoms with E-state index in [9.17, 15) is 9.59 Å². The van der Waals surface area contributed by atoms with Crippen LogP contribution >= 0.6 is 0 Å². The highest BCUT2D eigenvalue weighted by Gasteiger charge is 2.29. The van der Waals surface area contributed by atoms with E-state index >= 15 is 0 Å². The smallest absolute Gasteiger partial charge is 0.225 e. The van der Waals surface area contributed by atoms with Gasteiger partial charge in [-0.1, -0.05) is 25.3 Å². The van der Waals surface area contributed by atoms with E-state index in [1.54, 1.807) is 0 Å². The minimum Gasteiger partial charge on any atom is -0.385 e. The molecule has 1 heterocycles. The molecular formula is C22H33N3O2. The second kappa shape index (κ2) is 9.25. The van der Waals surface area contributed by atoms with Crippen molar-refractivity contribution >= 4 is 17.5 Å². The summed E-state index contributed by atoms with van der Waals surface area (Å²) in [5.74, 6) is 0.720. The van der Waals surface area contributed by atoms with Crippen LogP contribution in [-0.4, -0.2) is 54.3 Å². The van der Waals surface area contributed by atoms with Crippen molar-refractivity contribution in [1.29, 1.82) is 0 Å². The summed E-state index contributed by atoms with van der Waals surface area (Å²) in [6, 6.07) is 6.35. The quantitative estimate of drug-likeness (QED) is 0.863. The van der Waals surface area contributed by atoms with Crippen LogP contribution in [0.15, 0.2) is 18.2 Å². The van der Waals surface area contributed by atoms with Gasteiger partial charge in [0.25, 0.3) is 0 Å². The standard InChI is InChI=1S/C22H33N3O2/c1-17-14-18(2)16-20(15-17)23-9-8-21(26)24-10-12-25(13-11-24)22(27)19-6-4-3-5-7-19/h14-16,19,23H,3-13H2,1-2H3. The maximum atomic E-state index is 12.6. The molecule has 1 aliphatic carbocycles. The predicted molar refractivity (Wildman–Crippen MR) is 109 cm³/mol. The average molecular weight is 372 g/mol. The van der Waals surface area contributed by atoms with Crippen molar-refractivity contribution in [3.8, 4) is 0 Å². The molecule has 0 atom stereocenters. The van der Waals surface area contributed by atoms with Gasteiger partial charge in [0.1, 0.15) is 0 Å². The molecule has 1 N–H and O–H groups in total. The van der Waals surface area contributed by atoms with Gasteiger partial charge in [-0.25, -0.2) is 0 Å². The van der Waals surface area contributed by atoms with Crippen LogP contribution in [0.25, 0.3) is 0 Å². The largest absolute Gasteiger partial charge is 0.385 e. The minimum atomic E-state index is 0.177. The lowest BCUT2D eigenvalue weighted by molar-refractivity contribution is -0.142. The van der Waals surface area contributed by atoms with E-state index in [0.717, 1.165) is 18.5 Å². The van der Waals surface area contributed by atoms with Gasteiger partial charge in [0.2, 0.25) is 11.8 Å². The summed E-state index contributed by atoms with van der Waals surface area (Å²) in [4.78, 5) is 29.0. The molecule has 0 aromatic heterocycles. The molecule has 2 fully saturated rings. The van der Waals surface area contributed by atoms with Gasteiger partial charge in [0.05, 0.1) is 0 Å². The first-order valence-corrected chi connectivity index (χ1v) is 10.4. The highest BCUT2D eigenvalue weighted by atomic mass is 16.2. The monoisotopic (exact) mass is 371 g/mol. The topological polar surface area (TPSA) is 52.7 Å². The molecule has 148 valence electrons. The normalized spacial score (nSPS) is 18.4. The molecule has 0 unspecified atom stereocenters. The zero-order valence-corrected chi connectivity index (χ0v) is 16.8. The molecule has 1 aromatic rings. The fourth-order valence-corrected chi connectivity index (χ4v) is 4.33. The number of hydrogen-bond donors (Lipinski definition) is 1. The molecule has 1 saturated carbocycles. The predicted octanol–water partition coefficient (Wildman–Crippen LogP) is 3.36. The van der Waals surface area contributed by atoms with E-state index in [1.807, 2.05) is 9.80 Å². The van der Waals surface area contributed by atoms with Crippen LogP contribution in [0, 0.1) is 19.8 Å². The van der Waals surface area contributed by atoms with Gasteiger partial charge in [0, 0.05) is 50.7 Å². The van der Waals surface area contributed by atoms with E-state index in [2.05, 4.69) is 37.4 Å². The van der Waals surface area contributed by atoms with E-state index in [0.29, 0.717) is 45.1 Å². The van der Waals surface area contributed by atoms with Crippen LogP contribution in [0.2, 0.25) is 0 Å². The van der Waals surface area contributed by atoms with Crippen molar-refractivity contribution in [3.63, 3.8) is 0 Å². The number of rotatable bonds is 5. The lowest BCUT2D eigenvalue weighted by Crippen LogP contribution is -2.52. The Balaban J connectivity index is 1.39. The number of hydrogen-bond acceptors (Lipinski definition) is 3. The third-order valence-corrected chi connectivity index (χ3v) is 5.79. The fraction of sp³-hybridized carbons (Fsp3) is 0.636. The van der Waals surface area contributed by atoms with Gasteiger partial charge in [-0.15, -0.1) is 0 Å². The van der Waals surface area contributed by atoms with Crippen LogP contribution in [-0.2, 0) is 9.59 Å². The van der Waals surface area contributed by atoms with Crippen LogP contribution in [0.3, 0.4) is 0 Å². The number of amides is 2. The maximum absolute atomic E-state index is 12.6. The van der Waals surface area contributed by atoms with E-state index in [-0.39, 0.29) is 11.8 Å². The first kappa shape index (κ1) is 19.7. The number of benzene rings is 1. The molecular weight excluding hydrogens is 338 g/mol. The van der Waals surface area contributed by atoms with E-state index in [1.165, 1.54) is 30.4 Å². The molecule has 1 aliphatic heterocycles. The highest BCUT2D eigenvalue weighted by molar-refractivity contribution is 5.80. The lowest BCUT2D eigenvalue weighted by atomic mass is 9.88. The van der Waals surface area contributed by atoms with E-state index in [4.69, 9.17) is 0 Å². The summed E-state index contributed by atoms with van der Waals surface area (Å²) in [6.07, 6.45) is 6.21. The van der Waals surface area contributed by atoms with Gasteiger partial charge in [-0.3, -0.25) is 9.59 Å². The molecule has 1 saturated heterocycles. The molecule has 1 aromatic carbocycles. The van der Waals surface area contributed by atoms with Gasteiger partial charge < -0.3 is 15.1 Å². The minimum absolute atomic E-state index is 0.177. The number of piperazine rings is 1. The van der Waals surface area contributed by atoms with E-state index < -0.39 is 0 Å². The van der Waals surface area contributed by atoms with Crippen LogP contribution in [0.1, 0.15) is 49.7 Å². The third-order valence-electron chi connectivity index (χ3n) is 5.79. The number of carbonyl (C=O) groups is 2. The van der Waals surface area contributed by atoms with Crippen LogP contribution in [0.5, 0.6) is 0 Å². The van der Waals surface area contributed by atoms with Crippen molar-refractivity contribution in [2.45, 2.75) is 52.4 Å². The van der Waals surface area contributed by atoms with Crippen molar-refractivity contribution in [1.82, 2.24) is 9.80 Å². The number of anilines is 1. The summed E-state index contributed by atoms with van der Waals surface area (Å²) in [5.41, 5.74) is 3.52. The molecule has 0 bridgehead atoms. The summed E-state index contributed by atoms with van der Waals surface area (Å²) >= 11 is 0. The molecule has 0 spiro atoms. The van der Waals surface area contributed by atoms with Crippen molar-refractivity contribution in [2.75, 3.05) is 38.0 Å². The maximum Gasteiger partial charge on any atom is 0.225 e. The second-order valence-electron chi connectivity index (χ2n) is 8.09. The summed E-state index contributed by atoms with van der Waals surface area (Å²) in [6.45, 7) is 7.51. The van der Waals surface area contributed by atoms with Gasteiger partial charge in [0.15, 0.2) is 0 Å². The van der Waals surface area contributed by atoms with Gasteiger partial charge >= 0.3 is 0 Å². The SMILES string of the molecule is Cc1cc(C)cc(NCCC(=O)N2CCN(C(=O)C3CCCCC3)CC2)c1. The Morgan fingerprint density at radius 2 is 1.52 bits per heavy atom. The number of nitrogens with zero attached hydrogens (tertiary/aromatic N) is 2. The molecule has 27 heavy (non-hydrogen) atoms. The van der Waals surface area contributed by atoms with Crippen molar-refractivity contribution in [2.24, 2.45) is 5.92 Å². The Bertz CT molecular complexity index is 639. The van der Waals surface area contributed by atoms with Crippen molar-refractivity contribution in [3.05, 3.63) is 29.3 Å². The number of carbonyl (C=O) groups excluding carboxylic acids is 2. The third kappa shape index (κ3) is 5.47. The Hall–Kier alpha value is -2.04. The highest BCUT2D eigenvalue weighted by Crippen LogP contribution is 2.25. The zero-order valence-electron chi connectivity index (χ0n) is 16.8. The second-order valence-corrected chi connectivity index (χ2v) is 8.09. The molecule has 0 radical (unpaired) electrons. The summed E-state index contributed by atoms with van der Waals surface area (Å²) in [5, 5.41) is 3.35. The molecule has 2 amide bonds. The fourth-order valence-electron chi connectivity index (χ4n) is 4.33. The molecule has 5 heteroatoms. The first-order chi connectivity index (χ1) is 13.0. The summed E-state index contributed by atoms with van der Waals surface area (Å²) in [7, 11) is 0. The zero-order chi connectivity index (χ0) is 19.2. The summed E-state index contributed by atoms with van der Waals surface area (Å²) < 4.78 is 0.